The van der Waals surface area contributed by atoms with Gasteiger partial charge in [-0.25, -0.2) is 0 Å². The lowest BCUT2D eigenvalue weighted by Gasteiger charge is -2.11. The van der Waals surface area contributed by atoms with E-state index in [-0.39, 0.29) is 0 Å². The molecule has 3 aromatic carbocycles. The Hall–Kier alpha value is -2.86. The average molecular weight is 311 g/mol. The minimum absolute atomic E-state index is 0.656. The fourth-order valence-corrected chi connectivity index (χ4v) is 3.92. The van der Waals surface area contributed by atoms with Crippen molar-refractivity contribution in [1.82, 2.24) is 0 Å². The Bertz CT molecular complexity index is 827. The third-order valence-electron chi connectivity index (χ3n) is 3.35. The van der Waals surface area contributed by atoms with Gasteiger partial charge < -0.3 is 0 Å². The van der Waals surface area contributed by atoms with E-state index >= 15 is 0 Å². The predicted molar refractivity (Wildman–Crippen MR) is 97.1 cm³/mol. The summed E-state index contributed by atoms with van der Waals surface area (Å²) in [7, 11) is -0.712. The maximum absolute atomic E-state index is 8.86. The van der Waals surface area contributed by atoms with Crippen molar-refractivity contribution in [3.63, 3.8) is 0 Å². The van der Waals surface area contributed by atoms with Crippen LogP contribution in [0.3, 0.4) is 0 Å². The molecule has 0 amide bonds. The van der Waals surface area contributed by atoms with E-state index in [4.69, 9.17) is 5.26 Å². The summed E-state index contributed by atoms with van der Waals surface area (Å²) in [5, 5.41) is 11.4. The minimum Gasteiger partial charge on any atom is -0.192 e. The molecule has 0 unspecified atom stereocenters. The molecule has 1 nitrogen and oxygen atoms in total. The second-order valence-corrected chi connectivity index (χ2v) is 6.86. The summed E-state index contributed by atoms with van der Waals surface area (Å²) in [4.78, 5) is 0. The number of nitriles is 1. The Morgan fingerprint density at radius 2 is 1.09 bits per heavy atom. The first kappa shape index (κ1) is 15.1. The van der Waals surface area contributed by atoms with Crippen molar-refractivity contribution in [3.05, 3.63) is 96.1 Å². The van der Waals surface area contributed by atoms with E-state index in [9.17, 15) is 0 Å². The number of nitrogens with zero attached hydrogens (tertiary/aromatic N) is 1. The smallest absolute Gasteiger partial charge is 0.0991 e. The van der Waals surface area contributed by atoms with Gasteiger partial charge in [0.05, 0.1) is 11.6 Å². The molecule has 0 radical (unpaired) electrons. The number of hydrogen-bond acceptors (Lipinski definition) is 1. The first-order valence-electron chi connectivity index (χ1n) is 7.29. The quantitative estimate of drug-likeness (QED) is 0.518. The highest BCUT2D eigenvalue weighted by molar-refractivity contribution is 7.77. The number of rotatable bonds is 2. The van der Waals surface area contributed by atoms with E-state index in [1.54, 1.807) is 12.1 Å². The Labute approximate surface area is 138 Å². The van der Waals surface area contributed by atoms with Crippen molar-refractivity contribution in [2.75, 3.05) is 0 Å². The van der Waals surface area contributed by atoms with Gasteiger partial charge in [-0.15, -0.1) is 0 Å². The molecule has 0 saturated heterocycles. The maximum Gasteiger partial charge on any atom is 0.0991 e. The molecular formula is C21H14NP. The molecule has 0 atom stereocenters. The maximum atomic E-state index is 8.86. The Balaban J connectivity index is 1.97. The van der Waals surface area contributed by atoms with Gasteiger partial charge in [0.15, 0.2) is 0 Å². The van der Waals surface area contributed by atoms with Crippen molar-refractivity contribution in [2.45, 2.75) is 0 Å². The standard InChI is InChI=1S/C21H14NP/c22-17-19-13-11-18(12-14-19)15-16-23(20-7-3-1-4-8-20)21-9-5-2-6-10-21/h1-14H. The summed E-state index contributed by atoms with van der Waals surface area (Å²) in [6, 6.07) is 30.3. The van der Waals surface area contributed by atoms with E-state index in [1.807, 2.05) is 24.3 Å². The topological polar surface area (TPSA) is 23.8 Å². The highest BCUT2D eigenvalue weighted by Crippen LogP contribution is 2.31. The summed E-state index contributed by atoms with van der Waals surface area (Å²) in [5.74, 6) is 3.26. The highest BCUT2D eigenvalue weighted by atomic mass is 31.1. The van der Waals surface area contributed by atoms with Gasteiger partial charge in [-0.05, 0) is 34.9 Å². The van der Waals surface area contributed by atoms with Crippen molar-refractivity contribution in [1.29, 1.82) is 5.26 Å². The van der Waals surface area contributed by atoms with Gasteiger partial charge in [-0.2, -0.15) is 5.26 Å². The van der Waals surface area contributed by atoms with Gasteiger partial charge in [0, 0.05) is 13.5 Å². The van der Waals surface area contributed by atoms with Crippen LogP contribution in [-0.2, 0) is 0 Å². The van der Waals surface area contributed by atoms with Gasteiger partial charge in [0.25, 0.3) is 0 Å². The van der Waals surface area contributed by atoms with Crippen LogP contribution in [0.4, 0.5) is 0 Å². The third-order valence-corrected chi connectivity index (χ3v) is 5.32. The molecule has 2 heteroatoms. The summed E-state index contributed by atoms with van der Waals surface area (Å²) in [5.41, 5.74) is 5.03. The van der Waals surface area contributed by atoms with Crippen LogP contribution < -0.4 is 10.6 Å². The molecule has 0 aliphatic rings. The monoisotopic (exact) mass is 311 g/mol. The molecule has 0 bridgehead atoms. The van der Waals surface area contributed by atoms with Crippen molar-refractivity contribution in [3.8, 4) is 17.7 Å². The lowest BCUT2D eigenvalue weighted by atomic mass is 10.2. The first-order chi connectivity index (χ1) is 11.4. The van der Waals surface area contributed by atoms with Gasteiger partial charge in [0.1, 0.15) is 0 Å². The molecule has 23 heavy (non-hydrogen) atoms. The average Bonchev–Trinajstić information content (AvgIpc) is 2.64. The Morgan fingerprint density at radius 1 is 0.609 bits per heavy atom. The van der Waals surface area contributed by atoms with E-state index in [1.165, 1.54) is 10.6 Å². The van der Waals surface area contributed by atoms with Crippen LogP contribution in [-0.4, -0.2) is 0 Å². The molecule has 0 aliphatic heterocycles. The Kier molecular flexibility index (Phi) is 4.85. The third kappa shape index (κ3) is 3.87. The van der Waals surface area contributed by atoms with Crippen molar-refractivity contribution < 1.29 is 0 Å². The van der Waals surface area contributed by atoms with Crippen LogP contribution in [0, 0.1) is 22.9 Å². The van der Waals surface area contributed by atoms with Crippen LogP contribution in [0.1, 0.15) is 11.1 Å². The fraction of sp³-hybridized carbons (Fsp3) is 0. The first-order valence-corrected chi connectivity index (χ1v) is 8.63. The molecule has 0 heterocycles. The molecule has 0 aromatic heterocycles. The molecule has 0 spiro atoms. The minimum atomic E-state index is -0.712. The zero-order valence-corrected chi connectivity index (χ0v) is 13.4. The fourth-order valence-electron chi connectivity index (χ4n) is 2.18. The van der Waals surface area contributed by atoms with E-state index < -0.39 is 7.92 Å². The van der Waals surface area contributed by atoms with Crippen LogP contribution in [0.25, 0.3) is 0 Å². The van der Waals surface area contributed by atoms with Crippen molar-refractivity contribution >= 4 is 18.5 Å². The molecule has 0 saturated carbocycles. The lowest BCUT2D eigenvalue weighted by Crippen LogP contribution is -2.09. The van der Waals surface area contributed by atoms with Crippen LogP contribution in [0.5, 0.6) is 0 Å². The largest absolute Gasteiger partial charge is 0.192 e. The van der Waals surface area contributed by atoms with Gasteiger partial charge in [0.2, 0.25) is 0 Å². The second kappa shape index (κ2) is 7.42. The lowest BCUT2D eigenvalue weighted by molar-refractivity contribution is 1.48. The molecule has 0 fully saturated rings. The SMILES string of the molecule is N#Cc1ccc(C#CP(c2ccccc2)c2ccccc2)cc1. The van der Waals surface area contributed by atoms with Crippen LogP contribution in [0.15, 0.2) is 84.9 Å². The summed E-state index contributed by atoms with van der Waals surface area (Å²) in [6.07, 6.45) is 0. The molecular weight excluding hydrogens is 297 g/mol. The highest BCUT2D eigenvalue weighted by Gasteiger charge is 2.10. The van der Waals surface area contributed by atoms with Gasteiger partial charge in [-0.1, -0.05) is 72.2 Å². The normalized spacial score (nSPS) is 9.74. The Morgan fingerprint density at radius 3 is 1.57 bits per heavy atom. The van der Waals surface area contributed by atoms with Crippen molar-refractivity contribution in [2.24, 2.45) is 0 Å². The van der Waals surface area contributed by atoms with E-state index in [2.05, 4.69) is 66.2 Å². The summed E-state index contributed by atoms with van der Waals surface area (Å²) >= 11 is 0. The van der Waals surface area contributed by atoms with Crippen LogP contribution >= 0.6 is 7.92 Å². The summed E-state index contributed by atoms with van der Waals surface area (Å²) in [6.45, 7) is 0. The van der Waals surface area contributed by atoms with Gasteiger partial charge >= 0.3 is 0 Å². The van der Waals surface area contributed by atoms with Gasteiger partial charge in [-0.3, -0.25) is 0 Å². The molecule has 108 valence electrons. The molecule has 3 aromatic rings. The molecule has 0 aliphatic carbocycles. The number of benzene rings is 3. The number of hydrogen-bond donors (Lipinski definition) is 0. The van der Waals surface area contributed by atoms with Crippen LogP contribution in [0.2, 0.25) is 0 Å². The second-order valence-electron chi connectivity index (χ2n) is 4.93. The zero-order chi connectivity index (χ0) is 15.9. The summed E-state index contributed by atoms with van der Waals surface area (Å²) < 4.78 is 0. The molecule has 0 N–H and O–H groups in total. The van der Waals surface area contributed by atoms with E-state index in [0.29, 0.717) is 5.56 Å². The predicted octanol–water partition coefficient (Wildman–Crippen LogP) is 4.00. The zero-order valence-electron chi connectivity index (χ0n) is 12.5. The molecule has 3 rings (SSSR count). The van der Waals surface area contributed by atoms with E-state index in [0.717, 1.165) is 5.56 Å².